The Bertz CT molecular complexity index is 398. The molecule has 0 aromatic carbocycles. The number of aromatic nitrogens is 1. The SMILES string of the molecule is COc1c(F)cnc(C(=O)Cl)c1C(F)F. The molecule has 0 radical (unpaired) electrons. The zero-order valence-corrected chi connectivity index (χ0v) is 8.19. The third kappa shape index (κ3) is 2.20. The zero-order chi connectivity index (χ0) is 11.6. The van der Waals surface area contributed by atoms with Gasteiger partial charge in [-0.1, -0.05) is 0 Å². The number of methoxy groups -OCH3 is 1. The molecule has 15 heavy (non-hydrogen) atoms. The third-order valence-electron chi connectivity index (χ3n) is 1.63. The van der Waals surface area contributed by atoms with Crippen LogP contribution in [0.5, 0.6) is 5.75 Å². The Balaban J connectivity index is 3.49. The highest BCUT2D eigenvalue weighted by atomic mass is 35.5. The van der Waals surface area contributed by atoms with Crippen molar-refractivity contribution in [1.29, 1.82) is 0 Å². The van der Waals surface area contributed by atoms with Gasteiger partial charge >= 0.3 is 0 Å². The van der Waals surface area contributed by atoms with Crippen molar-refractivity contribution in [2.45, 2.75) is 6.43 Å². The number of alkyl halides is 2. The average Bonchev–Trinajstić information content (AvgIpc) is 2.16. The molecule has 82 valence electrons. The molecule has 0 amide bonds. The highest BCUT2D eigenvalue weighted by Gasteiger charge is 2.26. The van der Waals surface area contributed by atoms with Gasteiger partial charge in [-0.2, -0.15) is 0 Å². The Morgan fingerprint density at radius 1 is 1.60 bits per heavy atom. The minimum absolute atomic E-state index is 0.598. The topological polar surface area (TPSA) is 39.2 Å². The first-order valence-corrected chi connectivity index (χ1v) is 4.07. The summed E-state index contributed by atoms with van der Waals surface area (Å²) in [7, 11) is 1.01. The first-order chi connectivity index (χ1) is 6.99. The third-order valence-corrected chi connectivity index (χ3v) is 1.81. The van der Waals surface area contributed by atoms with Gasteiger partial charge in [0.05, 0.1) is 18.9 Å². The van der Waals surface area contributed by atoms with Gasteiger partial charge in [0.2, 0.25) is 0 Å². The van der Waals surface area contributed by atoms with E-state index in [4.69, 9.17) is 11.6 Å². The van der Waals surface area contributed by atoms with Crippen LogP contribution in [-0.4, -0.2) is 17.3 Å². The molecule has 0 N–H and O–H groups in total. The molecule has 3 nitrogen and oxygen atoms in total. The molecule has 0 fully saturated rings. The molecule has 1 aromatic rings. The van der Waals surface area contributed by atoms with Crippen LogP contribution in [-0.2, 0) is 0 Å². The molecule has 0 saturated heterocycles. The summed E-state index contributed by atoms with van der Waals surface area (Å²) < 4.78 is 42.4. The predicted octanol–water partition coefficient (Wildman–Crippen LogP) is 2.55. The van der Waals surface area contributed by atoms with Crippen LogP contribution in [0.2, 0.25) is 0 Å². The van der Waals surface area contributed by atoms with Crippen molar-refractivity contribution >= 4 is 16.8 Å². The summed E-state index contributed by atoms with van der Waals surface area (Å²) in [6, 6.07) is 0. The fraction of sp³-hybridized carbons (Fsp3) is 0.250. The molecule has 0 aliphatic heterocycles. The van der Waals surface area contributed by atoms with Gasteiger partial charge in [-0.25, -0.2) is 18.2 Å². The maximum atomic E-state index is 13.0. The van der Waals surface area contributed by atoms with E-state index in [-0.39, 0.29) is 0 Å². The van der Waals surface area contributed by atoms with Crippen molar-refractivity contribution in [3.05, 3.63) is 23.3 Å². The summed E-state index contributed by atoms with van der Waals surface area (Å²) in [5.41, 5.74) is -1.64. The van der Waals surface area contributed by atoms with Crippen molar-refractivity contribution in [3.8, 4) is 5.75 Å². The lowest BCUT2D eigenvalue weighted by Crippen LogP contribution is -2.06. The van der Waals surface area contributed by atoms with Gasteiger partial charge in [0, 0.05) is 0 Å². The van der Waals surface area contributed by atoms with Crippen LogP contribution in [0.15, 0.2) is 6.20 Å². The maximum Gasteiger partial charge on any atom is 0.271 e. The molecule has 0 aliphatic carbocycles. The van der Waals surface area contributed by atoms with E-state index in [1.165, 1.54) is 0 Å². The van der Waals surface area contributed by atoms with E-state index in [0.29, 0.717) is 6.20 Å². The van der Waals surface area contributed by atoms with E-state index in [9.17, 15) is 18.0 Å². The number of hydrogen-bond donors (Lipinski definition) is 0. The van der Waals surface area contributed by atoms with Crippen LogP contribution in [0.4, 0.5) is 13.2 Å². The molecule has 1 aromatic heterocycles. The predicted molar refractivity (Wildman–Crippen MR) is 45.9 cm³/mol. The Labute approximate surface area is 87.8 Å². The average molecular weight is 240 g/mol. The van der Waals surface area contributed by atoms with Crippen LogP contribution in [0, 0.1) is 5.82 Å². The van der Waals surface area contributed by atoms with Crippen molar-refractivity contribution in [2.75, 3.05) is 7.11 Å². The Kier molecular flexibility index (Phi) is 3.52. The van der Waals surface area contributed by atoms with Gasteiger partial charge in [0.25, 0.3) is 11.7 Å². The van der Waals surface area contributed by atoms with E-state index >= 15 is 0 Å². The molecule has 7 heteroatoms. The molecule has 1 heterocycles. The lowest BCUT2D eigenvalue weighted by atomic mass is 10.2. The van der Waals surface area contributed by atoms with E-state index < -0.39 is 34.5 Å². The minimum Gasteiger partial charge on any atom is -0.493 e. The quantitative estimate of drug-likeness (QED) is 0.761. The molecule has 0 aliphatic rings. The van der Waals surface area contributed by atoms with Crippen molar-refractivity contribution in [2.24, 2.45) is 0 Å². The second-order valence-corrected chi connectivity index (χ2v) is 2.82. The Hall–Kier alpha value is -1.30. The maximum absolute atomic E-state index is 13.0. The van der Waals surface area contributed by atoms with Gasteiger partial charge < -0.3 is 4.74 Å². The first kappa shape index (κ1) is 11.8. The van der Waals surface area contributed by atoms with E-state index in [1.807, 2.05) is 0 Å². The summed E-state index contributed by atoms with van der Waals surface area (Å²) in [5, 5.41) is -1.19. The lowest BCUT2D eigenvalue weighted by molar-refractivity contribution is 0.105. The molecule has 0 unspecified atom stereocenters. The largest absolute Gasteiger partial charge is 0.493 e. The Morgan fingerprint density at radius 2 is 2.20 bits per heavy atom. The monoisotopic (exact) mass is 239 g/mol. The highest BCUT2D eigenvalue weighted by Crippen LogP contribution is 2.33. The summed E-state index contributed by atoms with van der Waals surface area (Å²) in [5.74, 6) is -1.79. The van der Waals surface area contributed by atoms with Crippen LogP contribution in [0.1, 0.15) is 22.5 Å². The van der Waals surface area contributed by atoms with Gasteiger partial charge in [0.15, 0.2) is 11.6 Å². The van der Waals surface area contributed by atoms with E-state index in [1.54, 1.807) is 0 Å². The molecular formula is C8H5ClF3NO2. The second kappa shape index (κ2) is 4.48. The van der Waals surface area contributed by atoms with Crippen molar-refractivity contribution in [1.82, 2.24) is 4.98 Å². The fourth-order valence-electron chi connectivity index (χ4n) is 1.05. The van der Waals surface area contributed by atoms with Gasteiger partial charge in [-0.05, 0) is 11.6 Å². The van der Waals surface area contributed by atoms with Gasteiger partial charge in [-0.15, -0.1) is 0 Å². The molecule has 0 spiro atoms. The molecular weight excluding hydrogens is 235 g/mol. The number of rotatable bonds is 3. The number of hydrogen-bond acceptors (Lipinski definition) is 3. The van der Waals surface area contributed by atoms with Crippen LogP contribution < -0.4 is 4.74 Å². The number of ether oxygens (including phenoxy) is 1. The molecule has 0 saturated carbocycles. The number of carbonyl (C=O) groups excluding carboxylic acids is 1. The lowest BCUT2D eigenvalue weighted by Gasteiger charge is -2.10. The van der Waals surface area contributed by atoms with Gasteiger partial charge in [0.1, 0.15) is 5.69 Å². The normalized spacial score (nSPS) is 10.5. The summed E-state index contributed by atoms with van der Waals surface area (Å²) >= 11 is 5.02. The smallest absolute Gasteiger partial charge is 0.271 e. The first-order valence-electron chi connectivity index (χ1n) is 3.69. The molecule has 0 bridgehead atoms. The van der Waals surface area contributed by atoms with Crippen LogP contribution >= 0.6 is 11.6 Å². The zero-order valence-electron chi connectivity index (χ0n) is 7.43. The fourth-order valence-corrected chi connectivity index (χ4v) is 1.20. The number of pyridine rings is 1. The van der Waals surface area contributed by atoms with Crippen LogP contribution in [0.3, 0.4) is 0 Å². The molecule has 0 atom stereocenters. The molecule has 1 rings (SSSR count). The Morgan fingerprint density at radius 3 is 2.60 bits per heavy atom. The summed E-state index contributed by atoms with van der Waals surface area (Å²) in [6.07, 6.45) is -2.50. The highest BCUT2D eigenvalue weighted by molar-refractivity contribution is 6.67. The summed E-state index contributed by atoms with van der Waals surface area (Å²) in [6.45, 7) is 0. The van der Waals surface area contributed by atoms with Crippen molar-refractivity contribution < 1.29 is 22.7 Å². The number of halogens is 4. The minimum atomic E-state index is -3.10. The van der Waals surface area contributed by atoms with E-state index in [0.717, 1.165) is 7.11 Å². The van der Waals surface area contributed by atoms with Gasteiger partial charge in [-0.3, -0.25) is 4.79 Å². The summed E-state index contributed by atoms with van der Waals surface area (Å²) in [4.78, 5) is 13.9. The number of nitrogens with zero attached hydrogens (tertiary/aromatic N) is 1. The van der Waals surface area contributed by atoms with E-state index in [2.05, 4.69) is 9.72 Å². The second-order valence-electron chi connectivity index (χ2n) is 2.48. The van der Waals surface area contributed by atoms with Crippen molar-refractivity contribution in [3.63, 3.8) is 0 Å². The standard InChI is InChI=1S/C8H5ClF3NO2/c1-15-6-3(10)2-13-5(7(9)14)4(6)8(11)12/h2,8H,1H3. The van der Waals surface area contributed by atoms with Crippen LogP contribution in [0.25, 0.3) is 0 Å². The number of carbonyl (C=O) groups is 1.